The van der Waals surface area contributed by atoms with E-state index in [1.54, 1.807) is 6.20 Å². The van der Waals surface area contributed by atoms with Crippen molar-refractivity contribution < 1.29 is 14.3 Å². The topological polar surface area (TPSA) is 92.1 Å². The van der Waals surface area contributed by atoms with E-state index in [4.69, 9.17) is 4.74 Å². The quantitative estimate of drug-likeness (QED) is 0.461. The van der Waals surface area contributed by atoms with Gasteiger partial charge >= 0.3 is 6.09 Å². The Balaban J connectivity index is 1.23. The number of anilines is 1. The Labute approximate surface area is 224 Å². The number of amides is 2. The van der Waals surface area contributed by atoms with Crippen molar-refractivity contribution in [3.63, 3.8) is 0 Å². The number of rotatable bonds is 8. The van der Waals surface area contributed by atoms with E-state index >= 15 is 0 Å². The largest absolute Gasteiger partial charge is 0.444 e. The standard InChI is InChI=1S/C29H38N6O3/c1-29(2,3)38-28(37)35(17-21-7-6-8-21)19-22-9-10-26-32-24(20-34(26)18-22)15-31-27(36)23-13-25(16-30-14-23)33-11-4-5-12-33/h9-10,13-14,16,18,20-21H,4-8,11-12,15,17,19H2,1-3H3,(H,31,36). The Kier molecular flexibility index (Phi) is 7.53. The van der Waals surface area contributed by atoms with Crippen molar-refractivity contribution in [2.24, 2.45) is 5.92 Å². The molecule has 3 aromatic rings. The van der Waals surface area contributed by atoms with Crippen molar-refractivity contribution in [1.82, 2.24) is 24.6 Å². The minimum atomic E-state index is -0.534. The van der Waals surface area contributed by atoms with Gasteiger partial charge in [0.1, 0.15) is 11.2 Å². The third-order valence-corrected chi connectivity index (χ3v) is 7.18. The molecule has 38 heavy (non-hydrogen) atoms. The molecule has 0 atom stereocenters. The number of imidazole rings is 1. The summed E-state index contributed by atoms with van der Waals surface area (Å²) in [5.41, 5.74) is 3.56. The van der Waals surface area contributed by atoms with Crippen LogP contribution in [0.2, 0.25) is 0 Å². The molecule has 1 saturated heterocycles. The molecule has 1 aliphatic carbocycles. The first-order valence-electron chi connectivity index (χ1n) is 13.7. The predicted octanol–water partition coefficient (Wildman–Crippen LogP) is 4.80. The maximum Gasteiger partial charge on any atom is 0.410 e. The molecule has 2 aliphatic rings. The number of hydrogen-bond acceptors (Lipinski definition) is 6. The van der Waals surface area contributed by atoms with Gasteiger partial charge in [-0.05, 0) is 70.1 Å². The molecule has 9 heteroatoms. The van der Waals surface area contributed by atoms with Gasteiger partial charge in [-0.25, -0.2) is 9.78 Å². The smallest absolute Gasteiger partial charge is 0.410 e. The molecule has 4 heterocycles. The lowest BCUT2D eigenvalue weighted by Crippen LogP contribution is -2.40. The average molecular weight is 519 g/mol. The summed E-state index contributed by atoms with van der Waals surface area (Å²) in [4.78, 5) is 38.7. The van der Waals surface area contributed by atoms with Gasteiger partial charge in [0, 0.05) is 38.2 Å². The molecule has 0 unspecified atom stereocenters. The molecule has 202 valence electrons. The molecular weight excluding hydrogens is 480 g/mol. The van der Waals surface area contributed by atoms with Gasteiger partial charge in [-0.3, -0.25) is 9.78 Å². The summed E-state index contributed by atoms with van der Waals surface area (Å²) in [6.45, 7) is 9.20. The number of pyridine rings is 2. The van der Waals surface area contributed by atoms with Crippen LogP contribution in [0.15, 0.2) is 43.0 Å². The van der Waals surface area contributed by atoms with Gasteiger partial charge in [0.2, 0.25) is 0 Å². The monoisotopic (exact) mass is 518 g/mol. The SMILES string of the molecule is CC(C)(C)OC(=O)N(Cc1ccc2nc(CNC(=O)c3cncc(N4CCCC4)c3)cn2c1)CC1CCC1. The van der Waals surface area contributed by atoms with Crippen LogP contribution < -0.4 is 10.2 Å². The van der Waals surface area contributed by atoms with E-state index in [1.165, 1.54) is 19.3 Å². The molecule has 3 aromatic heterocycles. The molecule has 0 bridgehead atoms. The van der Waals surface area contributed by atoms with Crippen LogP contribution >= 0.6 is 0 Å². The lowest BCUT2D eigenvalue weighted by molar-refractivity contribution is 0.0173. The lowest BCUT2D eigenvalue weighted by Gasteiger charge is -2.33. The highest BCUT2D eigenvalue weighted by molar-refractivity contribution is 5.94. The number of hydrogen-bond donors (Lipinski definition) is 1. The Hall–Kier alpha value is -3.62. The third-order valence-electron chi connectivity index (χ3n) is 7.18. The fourth-order valence-electron chi connectivity index (χ4n) is 4.98. The highest BCUT2D eigenvalue weighted by Crippen LogP contribution is 2.28. The number of aromatic nitrogens is 3. The maximum atomic E-state index is 12.9. The van der Waals surface area contributed by atoms with Crippen LogP contribution in [0.4, 0.5) is 10.5 Å². The van der Waals surface area contributed by atoms with Gasteiger partial charge in [-0.15, -0.1) is 0 Å². The van der Waals surface area contributed by atoms with E-state index < -0.39 is 5.60 Å². The Morgan fingerprint density at radius 3 is 2.61 bits per heavy atom. The van der Waals surface area contributed by atoms with E-state index in [0.717, 1.165) is 48.5 Å². The summed E-state index contributed by atoms with van der Waals surface area (Å²) in [5, 5.41) is 2.97. The van der Waals surface area contributed by atoms with Crippen molar-refractivity contribution in [2.45, 2.75) is 71.6 Å². The van der Waals surface area contributed by atoms with Gasteiger partial charge in [0.25, 0.3) is 5.91 Å². The van der Waals surface area contributed by atoms with Crippen LogP contribution in [0, 0.1) is 5.92 Å². The summed E-state index contributed by atoms with van der Waals surface area (Å²) in [6.07, 6.45) is 13.0. The number of fused-ring (bicyclic) bond motifs is 1. The molecule has 2 amide bonds. The second-order valence-electron chi connectivity index (χ2n) is 11.5. The lowest BCUT2D eigenvalue weighted by atomic mass is 9.85. The predicted molar refractivity (Wildman–Crippen MR) is 146 cm³/mol. The van der Waals surface area contributed by atoms with Crippen LogP contribution in [-0.4, -0.2) is 56.5 Å². The van der Waals surface area contributed by atoms with E-state index in [9.17, 15) is 9.59 Å². The van der Waals surface area contributed by atoms with Crippen LogP contribution in [0.1, 0.15) is 74.5 Å². The van der Waals surface area contributed by atoms with Crippen molar-refractivity contribution in [3.05, 3.63) is 59.8 Å². The van der Waals surface area contributed by atoms with Gasteiger partial charge in [-0.1, -0.05) is 12.5 Å². The second-order valence-corrected chi connectivity index (χ2v) is 11.5. The van der Waals surface area contributed by atoms with E-state index in [1.807, 2.05) is 66.9 Å². The number of carbonyl (C=O) groups excluding carboxylic acids is 2. The molecule has 1 aliphatic heterocycles. The molecule has 2 fully saturated rings. The van der Waals surface area contributed by atoms with Crippen molar-refractivity contribution in [2.75, 3.05) is 24.5 Å². The van der Waals surface area contributed by atoms with Crippen molar-refractivity contribution in [1.29, 1.82) is 0 Å². The van der Waals surface area contributed by atoms with Gasteiger partial charge in [0.05, 0.1) is 36.2 Å². The van der Waals surface area contributed by atoms with Crippen LogP contribution in [-0.2, 0) is 17.8 Å². The molecule has 1 saturated carbocycles. The normalized spacial score (nSPS) is 15.9. The summed E-state index contributed by atoms with van der Waals surface area (Å²) in [6, 6.07) is 5.85. The first kappa shape index (κ1) is 26.0. The zero-order valence-corrected chi connectivity index (χ0v) is 22.7. The Bertz CT molecular complexity index is 1290. The van der Waals surface area contributed by atoms with Gasteiger partial charge < -0.3 is 24.3 Å². The minimum Gasteiger partial charge on any atom is -0.444 e. The number of ether oxygens (including phenoxy) is 1. The van der Waals surface area contributed by atoms with E-state index in [-0.39, 0.29) is 12.0 Å². The van der Waals surface area contributed by atoms with Gasteiger partial charge in [-0.2, -0.15) is 0 Å². The summed E-state index contributed by atoms with van der Waals surface area (Å²) < 4.78 is 7.63. The molecular formula is C29H38N6O3. The van der Waals surface area contributed by atoms with Crippen LogP contribution in [0.5, 0.6) is 0 Å². The molecule has 9 nitrogen and oxygen atoms in total. The zero-order chi connectivity index (χ0) is 26.7. The van der Waals surface area contributed by atoms with Crippen molar-refractivity contribution >= 4 is 23.3 Å². The number of nitrogens with zero attached hydrogens (tertiary/aromatic N) is 5. The highest BCUT2D eigenvalue weighted by atomic mass is 16.6. The minimum absolute atomic E-state index is 0.166. The number of carbonyl (C=O) groups is 2. The molecule has 5 rings (SSSR count). The number of nitrogens with one attached hydrogen (secondary N) is 1. The Morgan fingerprint density at radius 1 is 1.11 bits per heavy atom. The third kappa shape index (κ3) is 6.44. The average Bonchev–Trinajstić information content (AvgIpc) is 3.52. The first-order valence-corrected chi connectivity index (χ1v) is 13.7. The summed E-state index contributed by atoms with van der Waals surface area (Å²) in [5.74, 6) is 0.376. The summed E-state index contributed by atoms with van der Waals surface area (Å²) >= 11 is 0. The highest BCUT2D eigenvalue weighted by Gasteiger charge is 2.27. The molecule has 1 N–H and O–H groups in total. The van der Waals surface area contributed by atoms with Crippen LogP contribution in [0.25, 0.3) is 5.65 Å². The fourth-order valence-corrected chi connectivity index (χ4v) is 4.98. The summed E-state index contributed by atoms with van der Waals surface area (Å²) in [7, 11) is 0. The molecule has 0 aromatic carbocycles. The molecule has 0 radical (unpaired) electrons. The van der Waals surface area contributed by atoms with Gasteiger partial charge in [0.15, 0.2) is 0 Å². The Morgan fingerprint density at radius 2 is 1.89 bits per heavy atom. The van der Waals surface area contributed by atoms with E-state index in [0.29, 0.717) is 31.1 Å². The second kappa shape index (κ2) is 11.0. The fraction of sp³-hybridized carbons (Fsp3) is 0.517. The van der Waals surface area contributed by atoms with Crippen LogP contribution in [0.3, 0.4) is 0 Å². The molecule has 0 spiro atoms. The maximum absolute atomic E-state index is 12.9. The zero-order valence-electron chi connectivity index (χ0n) is 22.7. The van der Waals surface area contributed by atoms with E-state index in [2.05, 4.69) is 20.2 Å². The van der Waals surface area contributed by atoms with Crippen molar-refractivity contribution in [3.8, 4) is 0 Å². The first-order chi connectivity index (χ1) is 18.2.